The highest BCUT2D eigenvalue weighted by Gasteiger charge is 2.20. The van der Waals surface area contributed by atoms with Crippen LogP contribution in [0.15, 0.2) is 58.6 Å². The molecule has 0 atom stereocenters. The molecule has 0 fully saturated rings. The molecule has 1 rings (SSSR count). The Hall–Kier alpha value is -1.63. The maximum absolute atomic E-state index is 4.55. The predicted molar refractivity (Wildman–Crippen MR) is 109 cm³/mol. The predicted octanol–water partition coefficient (Wildman–Crippen LogP) is 6.85. The fourth-order valence-electron chi connectivity index (χ4n) is 2.85. The summed E-state index contributed by atoms with van der Waals surface area (Å²) in [7, 11) is 1.88. The highest BCUT2D eigenvalue weighted by molar-refractivity contribution is 6.09. The molecule has 0 saturated heterocycles. The van der Waals surface area contributed by atoms with Crippen LogP contribution in [0.3, 0.4) is 0 Å². The van der Waals surface area contributed by atoms with Crippen LogP contribution >= 0.6 is 0 Å². The van der Waals surface area contributed by atoms with E-state index in [2.05, 4.69) is 89.9 Å². The Morgan fingerprint density at radius 2 is 1.38 bits per heavy atom. The molecule has 0 aliphatic heterocycles. The summed E-state index contributed by atoms with van der Waals surface area (Å²) in [6.07, 6.45) is 6.70. The summed E-state index contributed by atoms with van der Waals surface area (Å²) < 4.78 is 0. The summed E-state index contributed by atoms with van der Waals surface area (Å²) >= 11 is 0. The Morgan fingerprint density at radius 1 is 0.875 bits per heavy atom. The largest absolute Gasteiger partial charge is 0.288 e. The molecule has 0 N–H and O–H groups in total. The van der Waals surface area contributed by atoms with Crippen LogP contribution in [0.2, 0.25) is 0 Å². The van der Waals surface area contributed by atoms with Crippen molar-refractivity contribution in [2.45, 2.75) is 61.3 Å². The van der Waals surface area contributed by atoms with Crippen LogP contribution in [0.4, 0.5) is 0 Å². The van der Waals surface area contributed by atoms with Crippen molar-refractivity contribution in [3.8, 4) is 0 Å². The minimum Gasteiger partial charge on any atom is -0.288 e. The molecule has 1 heteroatoms. The molecule has 1 nitrogen and oxygen atoms in total. The van der Waals surface area contributed by atoms with Gasteiger partial charge in [-0.1, -0.05) is 78.0 Å². The Labute approximate surface area is 149 Å². The average molecular weight is 326 g/mol. The molecule has 0 bridgehead atoms. The van der Waals surface area contributed by atoms with Crippen molar-refractivity contribution in [3.05, 3.63) is 59.2 Å². The van der Waals surface area contributed by atoms with E-state index in [-0.39, 0.29) is 10.8 Å². The molecular weight excluding hydrogens is 290 g/mol. The Bertz CT molecular complexity index is 602. The van der Waals surface area contributed by atoms with Crippen LogP contribution in [0.25, 0.3) is 0 Å². The monoisotopic (exact) mass is 325 g/mol. The van der Waals surface area contributed by atoms with Crippen LogP contribution in [0.1, 0.15) is 66.9 Å². The quantitative estimate of drug-likeness (QED) is 0.414. The summed E-state index contributed by atoms with van der Waals surface area (Å²) in [5.41, 5.74) is 5.60. The number of allylic oxidation sites excluding steroid dienone is 4. The number of benzene rings is 1. The molecule has 0 spiro atoms. The molecule has 0 radical (unpaired) electrons. The lowest BCUT2D eigenvalue weighted by Gasteiger charge is -2.27. The summed E-state index contributed by atoms with van der Waals surface area (Å²) in [6, 6.07) is 10.5. The van der Waals surface area contributed by atoms with Gasteiger partial charge in [0.2, 0.25) is 0 Å². The molecule has 0 aliphatic carbocycles. The van der Waals surface area contributed by atoms with E-state index >= 15 is 0 Å². The van der Waals surface area contributed by atoms with Crippen LogP contribution in [0, 0.1) is 10.8 Å². The van der Waals surface area contributed by atoms with Crippen LogP contribution in [-0.2, 0) is 0 Å². The summed E-state index contributed by atoms with van der Waals surface area (Å²) in [5, 5.41) is 0. The first-order chi connectivity index (χ1) is 11.1. The zero-order valence-electron chi connectivity index (χ0n) is 16.9. The first-order valence-corrected chi connectivity index (χ1v) is 8.94. The third kappa shape index (κ3) is 7.29. The third-order valence-electron chi connectivity index (χ3n) is 3.82. The van der Waals surface area contributed by atoms with Crippen LogP contribution in [-0.4, -0.2) is 12.8 Å². The van der Waals surface area contributed by atoms with Gasteiger partial charge in [-0.2, -0.15) is 0 Å². The van der Waals surface area contributed by atoms with Gasteiger partial charge in [-0.3, -0.25) is 4.99 Å². The molecular formula is C23H35N. The maximum atomic E-state index is 4.55. The Balaban J connectivity index is 3.31. The molecule has 0 heterocycles. The average Bonchev–Trinajstić information content (AvgIpc) is 2.48. The van der Waals surface area contributed by atoms with Gasteiger partial charge in [0.25, 0.3) is 0 Å². The van der Waals surface area contributed by atoms with Gasteiger partial charge in [-0.25, -0.2) is 0 Å². The second-order valence-electron chi connectivity index (χ2n) is 8.93. The van der Waals surface area contributed by atoms with Gasteiger partial charge in [0.1, 0.15) is 0 Å². The molecule has 1 aromatic carbocycles. The van der Waals surface area contributed by atoms with E-state index < -0.39 is 0 Å². The first-order valence-electron chi connectivity index (χ1n) is 8.94. The number of hydrogen-bond donors (Lipinski definition) is 0. The van der Waals surface area contributed by atoms with E-state index in [4.69, 9.17) is 0 Å². The summed E-state index contributed by atoms with van der Waals surface area (Å²) in [4.78, 5) is 4.55. The zero-order chi connectivity index (χ0) is 18.4. The zero-order valence-corrected chi connectivity index (χ0v) is 16.9. The Morgan fingerprint density at radius 3 is 1.79 bits per heavy atom. The van der Waals surface area contributed by atoms with Crippen molar-refractivity contribution in [2.24, 2.45) is 15.8 Å². The molecule has 1 aromatic rings. The number of hydrogen-bond acceptors (Lipinski definition) is 1. The van der Waals surface area contributed by atoms with Crippen molar-refractivity contribution in [1.82, 2.24) is 0 Å². The minimum atomic E-state index is 0.244. The Kier molecular flexibility index (Phi) is 7.20. The smallest absolute Gasteiger partial charge is 0.0645 e. The normalized spacial score (nSPS) is 14.9. The maximum Gasteiger partial charge on any atom is 0.0645 e. The fourth-order valence-corrected chi connectivity index (χ4v) is 2.85. The van der Waals surface area contributed by atoms with Gasteiger partial charge in [0.05, 0.1) is 5.71 Å². The van der Waals surface area contributed by atoms with Crippen molar-refractivity contribution in [3.63, 3.8) is 0 Å². The summed E-state index contributed by atoms with van der Waals surface area (Å²) in [6.45, 7) is 16.0. The van der Waals surface area contributed by atoms with Crippen molar-refractivity contribution < 1.29 is 0 Å². The van der Waals surface area contributed by atoms with Crippen molar-refractivity contribution in [2.75, 3.05) is 7.05 Å². The third-order valence-corrected chi connectivity index (χ3v) is 3.82. The molecule has 0 unspecified atom stereocenters. The molecule has 0 aliphatic rings. The van der Waals surface area contributed by atoms with Crippen LogP contribution < -0.4 is 0 Å². The van der Waals surface area contributed by atoms with Gasteiger partial charge < -0.3 is 0 Å². The number of aliphatic imine (C=N–C) groups is 1. The fraction of sp³-hybridized carbons (Fsp3) is 0.522. The topological polar surface area (TPSA) is 12.4 Å². The number of nitrogens with zero attached hydrogens (tertiary/aromatic N) is 1. The highest BCUT2D eigenvalue weighted by atomic mass is 14.7. The molecule has 0 aromatic heterocycles. The lowest BCUT2D eigenvalue weighted by molar-refractivity contribution is 0.390. The van der Waals surface area contributed by atoms with Crippen molar-refractivity contribution in [1.29, 1.82) is 0 Å². The summed E-state index contributed by atoms with van der Waals surface area (Å²) in [5.74, 6) is 0. The lowest BCUT2D eigenvalue weighted by atomic mass is 9.79. The first kappa shape index (κ1) is 20.4. The highest BCUT2D eigenvalue weighted by Crippen LogP contribution is 2.34. The minimum absolute atomic E-state index is 0.244. The van der Waals surface area contributed by atoms with Gasteiger partial charge in [0, 0.05) is 7.05 Å². The van der Waals surface area contributed by atoms with E-state index in [9.17, 15) is 0 Å². The van der Waals surface area contributed by atoms with E-state index in [1.54, 1.807) is 0 Å². The molecule has 132 valence electrons. The molecule has 0 amide bonds. The lowest BCUT2D eigenvalue weighted by Crippen LogP contribution is -2.13. The van der Waals surface area contributed by atoms with E-state index in [1.807, 2.05) is 13.1 Å². The number of rotatable bonds is 5. The second kappa shape index (κ2) is 8.46. The van der Waals surface area contributed by atoms with Gasteiger partial charge in [-0.15, -0.1) is 0 Å². The molecule has 0 saturated carbocycles. The van der Waals surface area contributed by atoms with Gasteiger partial charge in [0.15, 0.2) is 0 Å². The van der Waals surface area contributed by atoms with Crippen LogP contribution in [0.5, 0.6) is 0 Å². The van der Waals surface area contributed by atoms with E-state index in [0.717, 1.165) is 18.6 Å². The standard InChI is InChI=1S/C23H35N/c1-9-18(16-22(2,3)4)20(17-23(5,6)7)15-21(24-8)19-13-11-10-12-14-19/h9-15H,16-17H2,1-8H3/b18-9-,20-15-,24-21-. The second-order valence-corrected chi connectivity index (χ2v) is 8.93. The van der Waals surface area contributed by atoms with Gasteiger partial charge in [-0.05, 0) is 53.4 Å². The van der Waals surface area contributed by atoms with E-state index in [0.29, 0.717) is 0 Å². The van der Waals surface area contributed by atoms with Gasteiger partial charge >= 0.3 is 0 Å². The molecule has 24 heavy (non-hydrogen) atoms. The van der Waals surface area contributed by atoms with Crippen molar-refractivity contribution >= 4 is 5.71 Å². The van der Waals surface area contributed by atoms with E-state index in [1.165, 1.54) is 16.7 Å². The SMILES string of the molecule is C\C=C(CC(C)(C)C)/C(=C\C(=N\C)c1ccccc1)CC(C)(C)C.